The number of aromatic hydroxyl groups is 1. The Labute approximate surface area is 108 Å². The van der Waals surface area contributed by atoms with Gasteiger partial charge in [-0.1, -0.05) is 12.1 Å². The standard InChI is InChI=1S/C11H10N2O4S/c14-6-3-1-2-5(4-6)8(18)7-9(15)12-11(17)13-10(7)16/h1-4,7-8,14,18H,(H2,12,13,15,16,17)/t8-/m0/s1. The molecule has 1 aliphatic rings. The van der Waals surface area contributed by atoms with Crippen molar-refractivity contribution in [3.05, 3.63) is 29.8 Å². The lowest BCUT2D eigenvalue weighted by Gasteiger charge is -2.25. The van der Waals surface area contributed by atoms with Crippen LogP contribution in [0.15, 0.2) is 24.3 Å². The van der Waals surface area contributed by atoms with Gasteiger partial charge < -0.3 is 5.11 Å². The number of hydrogen-bond donors (Lipinski definition) is 4. The number of phenolic OH excluding ortho intramolecular Hbond substituents is 1. The van der Waals surface area contributed by atoms with Crippen molar-refractivity contribution >= 4 is 30.5 Å². The molecule has 1 aromatic rings. The fourth-order valence-electron chi connectivity index (χ4n) is 1.72. The number of urea groups is 1. The molecule has 0 aromatic heterocycles. The second-order valence-electron chi connectivity index (χ2n) is 3.83. The van der Waals surface area contributed by atoms with Crippen LogP contribution in [0.2, 0.25) is 0 Å². The van der Waals surface area contributed by atoms with E-state index in [2.05, 4.69) is 12.6 Å². The third-order valence-corrected chi connectivity index (χ3v) is 3.16. The molecule has 1 saturated heterocycles. The second kappa shape index (κ2) is 4.69. The number of phenols is 1. The molecule has 1 heterocycles. The Hall–Kier alpha value is -2.02. The maximum absolute atomic E-state index is 11.6. The zero-order valence-electron chi connectivity index (χ0n) is 9.08. The van der Waals surface area contributed by atoms with Gasteiger partial charge in [0.15, 0.2) is 0 Å². The van der Waals surface area contributed by atoms with E-state index < -0.39 is 29.0 Å². The smallest absolute Gasteiger partial charge is 0.328 e. The molecule has 94 valence electrons. The summed E-state index contributed by atoms with van der Waals surface area (Å²) in [5.74, 6) is -2.51. The van der Waals surface area contributed by atoms with Crippen LogP contribution in [-0.4, -0.2) is 23.0 Å². The number of hydrogen-bond acceptors (Lipinski definition) is 5. The topological polar surface area (TPSA) is 95.5 Å². The number of carbonyl (C=O) groups is 3. The highest BCUT2D eigenvalue weighted by Gasteiger charge is 2.39. The van der Waals surface area contributed by atoms with E-state index in [0.717, 1.165) is 0 Å². The molecule has 0 radical (unpaired) electrons. The van der Waals surface area contributed by atoms with Crippen molar-refractivity contribution < 1.29 is 19.5 Å². The normalized spacial score (nSPS) is 18.2. The van der Waals surface area contributed by atoms with E-state index in [1.807, 2.05) is 10.6 Å². The quantitative estimate of drug-likeness (QED) is 0.458. The van der Waals surface area contributed by atoms with Crippen LogP contribution in [0.4, 0.5) is 4.79 Å². The first kappa shape index (κ1) is 12.4. The molecule has 0 aliphatic carbocycles. The average molecular weight is 266 g/mol. The molecule has 0 spiro atoms. The van der Waals surface area contributed by atoms with Gasteiger partial charge in [0.05, 0.1) is 0 Å². The van der Waals surface area contributed by atoms with E-state index in [0.29, 0.717) is 5.56 Å². The van der Waals surface area contributed by atoms with Crippen molar-refractivity contribution in [1.82, 2.24) is 10.6 Å². The number of nitrogens with one attached hydrogen (secondary N) is 2. The van der Waals surface area contributed by atoms with Crippen molar-refractivity contribution in [1.29, 1.82) is 0 Å². The molecule has 7 heteroatoms. The van der Waals surface area contributed by atoms with Gasteiger partial charge in [-0.3, -0.25) is 20.2 Å². The van der Waals surface area contributed by atoms with E-state index in [-0.39, 0.29) is 5.75 Å². The lowest BCUT2D eigenvalue weighted by atomic mass is 9.95. The van der Waals surface area contributed by atoms with Gasteiger partial charge in [0.25, 0.3) is 0 Å². The van der Waals surface area contributed by atoms with Crippen LogP contribution in [0.25, 0.3) is 0 Å². The third-order valence-electron chi connectivity index (χ3n) is 2.57. The Morgan fingerprint density at radius 1 is 1.17 bits per heavy atom. The maximum Gasteiger partial charge on any atom is 0.328 e. The van der Waals surface area contributed by atoms with Crippen LogP contribution in [-0.2, 0) is 9.59 Å². The van der Waals surface area contributed by atoms with Gasteiger partial charge in [0.1, 0.15) is 11.7 Å². The highest BCUT2D eigenvalue weighted by molar-refractivity contribution is 7.80. The monoisotopic (exact) mass is 266 g/mol. The fourth-order valence-corrected chi connectivity index (χ4v) is 2.15. The highest BCUT2D eigenvalue weighted by atomic mass is 32.1. The number of barbiturate groups is 1. The van der Waals surface area contributed by atoms with Gasteiger partial charge >= 0.3 is 6.03 Å². The molecule has 1 fully saturated rings. The Morgan fingerprint density at radius 2 is 1.78 bits per heavy atom. The maximum atomic E-state index is 11.6. The minimum atomic E-state index is -1.12. The lowest BCUT2D eigenvalue weighted by molar-refractivity contribution is -0.135. The minimum Gasteiger partial charge on any atom is -0.508 e. The third kappa shape index (κ3) is 2.30. The molecular formula is C11H10N2O4S. The van der Waals surface area contributed by atoms with Crippen molar-refractivity contribution in [3.8, 4) is 5.75 Å². The first-order valence-corrected chi connectivity index (χ1v) is 5.63. The number of thiol groups is 1. The van der Waals surface area contributed by atoms with Crippen molar-refractivity contribution in [2.24, 2.45) is 5.92 Å². The lowest BCUT2D eigenvalue weighted by Crippen LogP contribution is -2.56. The van der Waals surface area contributed by atoms with E-state index >= 15 is 0 Å². The summed E-state index contributed by atoms with van der Waals surface area (Å²) in [5.41, 5.74) is 0.517. The predicted molar refractivity (Wildman–Crippen MR) is 65.0 cm³/mol. The minimum absolute atomic E-state index is 0.0132. The van der Waals surface area contributed by atoms with E-state index in [9.17, 15) is 19.5 Å². The second-order valence-corrected chi connectivity index (χ2v) is 4.38. The average Bonchev–Trinajstić information content (AvgIpc) is 2.27. The number of amides is 4. The summed E-state index contributed by atoms with van der Waals surface area (Å²) >= 11 is 4.21. The van der Waals surface area contributed by atoms with Gasteiger partial charge in [0.2, 0.25) is 11.8 Å². The van der Waals surface area contributed by atoms with Crippen LogP contribution in [0.1, 0.15) is 10.8 Å². The number of benzene rings is 1. The Morgan fingerprint density at radius 3 is 2.33 bits per heavy atom. The van der Waals surface area contributed by atoms with Crippen molar-refractivity contribution in [3.63, 3.8) is 0 Å². The molecule has 18 heavy (non-hydrogen) atoms. The molecular weight excluding hydrogens is 256 g/mol. The van der Waals surface area contributed by atoms with E-state index in [1.54, 1.807) is 12.1 Å². The Bertz CT molecular complexity index is 512. The van der Waals surface area contributed by atoms with Crippen LogP contribution in [0.3, 0.4) is 0 Å². The number of imide groups is 2. The molecule has 6 nitrogen and oxygen atoms in total. The summed E-state index contributed by atoms with van der Waals surface area (Å²) in [6, 6.07) is 5.26. The Balaban J connectivity index is 2.28. The van der Waals surface area contributed by atoms with Gasteiger partial charge in [-0.15, -0.1) is 0 Å². The summed E-state index contributed by atoms with van der Waals surface area (Å²) in [5, 5.41) is 12.6. The van der Waals surface area contributed by atoms with Crippen molar-refractivity contribution in [2.45, 2.75) is 5.25 Å². The molecule has 0 unspecified atom stereocenters. The molecule has 0 saturated carbocycles. The zero-order chi connectivity index (χ0) is 13.3. The van der Waals surface area contributed by atoms with E-state index in [4.69, 9.17) is 0 Å². The fraction of sp³-hybridized carbons (Fsp3) is 0.182. The first-order valence-electron chi connectivity index (χ1n) is 5.11. The molecule has 0 bridgehead atoms. The highest BCUT2D eigenvalue weighted by Crippen LogP contribution is 2.31. The molecule has 2 rings (SSSR count). The molecule has 1 aromatic carbocycles. The van der Waals surface area contributed by atoms with Crippen LogP contribution in [0.5, 0.6) is 5.75 Å². The molecule has 1 atom stereocenters. The SMILES string of the molecule is O=C1NC(=O)C([C@@H](S)c2cccc(O)c2)C(=O)N1. The molecule has 1 aliphatic heterocycles. The van der Waals surface area contributed by atoms with Gasteiger partial charge in [-0.25, -0.2) is 4.79 Å². The summed E-state index contributed by atoms with van der Waals surface area (Å²) in [6.07, 6.45) is 0. The number of carbonyl (C=O) groups excluding carboxylic acids is 3. The Kier molecular flexibility index (Phi) is 3.24. The zero-order valence-corrected chi connectivity index (χ0v) is 9.98. The van der Waals surface area contributed by atoms with Crippen LogP contribution >= 0.6 is 12.6 Å². The molecule has 3 N–H and O–H groups in total. The molecule has 4 amide bonds. The van der Waals surface area contributed by atoms with Crippen LogP contribution in [0, 0.1) is 5.92 Å². The summed E-state index contributed by atoms with van der Waals surface area (Å²) in [7, 11) is 0. The van der Waals surface area contributed by atoms with Crippen molar-refractivity contribution in [2.75, 3.05) is 0 Å². The summed E-state index contributed by atoms with van der Waals surface area (Å²) < 4.78 is 0. The predicted octanol–water partition coefficient (Wildman–Crippen LogP) is 0.345. The van der Waals surface area contributed by atoms with Gasteiger partial charge in [-0.05, 0) is 17.7 Å². The van der Waals surface area contributed by atoms with Gasteiger partial charge in [0, 0.05) is 5.25 Å². The van der Waals surface area contributed by atoms with Crippen LogP contribution < -0.4 is 10.6 Å². The summed E-state index contributed by atoms with van der Waals surface area (Å²) in [6.45, 7) is 0. The number of rotatable bonds is 2. The van der Waals surface area contributed by atoms with E-state index in [1.165, 1.54) is 12.1 Å². The first-order chi connectivity index (χ1) is 8.49. The van der Waals surface area contributed by atoms with Gasteiger partial charge in [-0.2, -0.15) is 12.6 Å². The summed E-state index contributed by atoms with van der Waals surface area (Å²) in [4.78, 5) is 34.1. The largest absolute Gasteiger partial charge is 0.508 e.